The third kappa shape index (κ3) is 3.40. The first-order valence-electron chi connectivity index (χ1n) is 9.73. The second kappa shape index (κ2) is 7.11. The van der Waals surface area contributed by atoms with Crippen molar-refractivity contribution in [2.75, 3.05) is 26.2 Å². The van der Waals surface area contributed by atoms with Crippen LogP contribution in [0, 0.1) is 12.7 Å². The number of fused-ring (bicyclic) bond motifs is 1. The van der Waals surface area contributed by atoms with Crippen molar-refractivity contribution < 1.29 is 19.1 Å². The number of benzene rings is 1. The highest BCUT2D eigenvalue weighted by Gasteiger charge is 2.41. The van der Waals surface area contributed by atoms with E-state index in [1.54, 1.807) is 6.07 Å². The van der Waals surface area contributed by atoms with E-state index in [-0.39, 0.29) is 23.8 Å². The first kappa shape index (κ1) is 18.2. The molecule has 0 bridgehead atoms. The predicted molar refractivity (Wildman–Crippen MR) is 97.9 cm³/mol. The number of hydrogen-bond acceptors (Lipinski definition) is 3. The van der Waals surface area contributed by atoms with E-state index >= 15 is 0 Å². The van der Waals surface area contributed by atoms with E-state index in [1.807, 2.05) is 11.8 Å². The maximum atomic E-state index is 13.5. The third-order valence-corrected chi connectivity index (χ3v) is 6.45. The van der Waals surface area contributed by atoms with Crippen molar-refractivity contribution in [1.82, 2.24) is 14.7 Å². The fourth-order valence-corrected chi connectivity index (χ4v) is 5.04. The monoisotopic (exact) mass is 375 g/mol. The van der Waals surface area contributed by atoms with Crippen molar-refractivity contribution in [3.8, 4) is 0 Å². The molecule has 146 valence electrons. The first-order valence-corrected chi connectivity index (χ1v) is 9.73. The van der Waals surface area contributed by atoms with Crippen molar-refractivity contribution in [3.05, 3.63) is 35.1 Å². The minimum Gasteiger partial charge on any atom is -0.465 e. The zero-order valence-electron chi connectivity index (χ0n) is 15.6. The van der Waals surface area contributed by atoms with Crippen LogP contribution in [0.25, 0.3) is 0 Å². The molecule has 2 amide bonds. The topological polar surface area (TPSA) is 64.1 Å². The number of piperidine rings is 1. The van der Waals surface area contributed by atoms with Gasteiger partial charge in [0.15, 0.2) is 0 Å². The molecule has 3 aliphatic rings. The van der Waals surface area contributed by atoms with Crippen LogP contribution < -0.4 is 0 Å². The van der Waals surface area contributed by atoms with Gasteiger partial charge in [-0.25, -0.2) is 9.18 Å². The Morgan fingerprint density at radius 3 is 2.74 bits per heavy atom. The van der Waals surface area contributed by atoms with Gasteiger partial charge in [0.05, 0.1) is 6.04 Å². The maximum Gasteiger partial charge on any atom is 0.407 e. The van der Waals surface area contributed by atoms with Crippen LogP contribution in [-0.2, 0) is 4.79 Å². The molecule has 0 aromatic heterocycles. The summed E-state index contributed by atoms with van der Waals surface area (Å²) >= 11 is 0. The van der Waals surface area contributed by atoms with Crippen LogP contribution in [0.1, 0.15) is 42.9 Å². The second-order valence-electron chi connectivity index (χ2n) is 7.95. The minimum atomic E-state index is -0.923. The Morgan fingerprint density at radius 1 is 1.19 bits per heavy atom. The Hall–Kier alpha value is -2.15. The van der Waals surface area contributed by atoms with Crippen molar-refractivity contribution >= 4 is 12.0 Å². The van der Waals surface area contributed by atoms with Crippen molar-refractivity contribution in [3.63, 3.8) is 0 Å². The SMILES string of the molecule is Cc1cc(F)ccc1[C@H]1C[C@@H](N2CCN3C(=O)CCC3C2)CCN1C(=O)O. The highest BCUT2D eigenvalue weighted by molar-refractivity contribution is 5.79. The Bertz CT molecular complexity index is 756. The summed E-state index contributed by atoms with van der Waals surface area (Å²) in [4.78, 5) is 29.6. The number of rotatable bonds is 2. The van der Waals surface area contributed by atoms with Gasteiger partial charge >= 0.3 is 6.09 Å². The molecule has 1 N–H and O–H groups in total. The fraction of sp³-hybridized carbons (Fsp3) is 0.600. The predicted octanol–water partition coefficient (Wildman–Crippen LogP) is 2.62. The van der Waals surface area contributed by atoms with Gasteiger partial charge in [-0.3, -0.25) is 9.69 Å². The van der Waals surface area contributed by atoms with Crippen LogP contribution >= 0.6 is 0 Å². The smallest absolute Gasteiger partial charge is 0.407 e. The molecule has 1 aromatic rings. The van der Waals surface area contributed by atoms with Crippen LogP contribution in [0.3, 0.4) is 0 Å². The highest BCUT2D eigenvalue weighted by atomic mass is 19.1. The molecule has 7 heteroatoms. The highest BCUT2D eigenvalue weighted by Crippen LogP contribution is 2.36. The Labute approximate surface area is 158 Å². The molecule has 0 saturated carbocycles. The van der Waals surface area contributed by atoms with Crippen molar-refractivity contribution in [1.29, 1.82) is 0 Å². The molecule has 3 saturated heterocycles. The molecule has 3 atom stereocenters. The summed E-state index contributed by atoms with van der Waals surface area (Å²) in [6.45, 7) is 4.80. The van der Waals surface area contributed by atoms with E-state index < -0.39 is 6.09 Å². The zero-order valence-corrected chi connectivity index (χ0v) is 15.6. The number of halogens is 1. The molecule has 3 aliphatic heterocycles. The van der Waals surface area contributed by atoms with E-state index in [1.165, 1.54) is 17.0 Å². The van der Waals surface area contributed by atoms with E-state index in [9.17, 15) is 19.1 Å². The Balaban J connectivity index is 1.53. The molecule has 3 heterocycles. The first-order chi connectivity index (χ1) is 12.9. The van der Waals surface area contributed by atoms with Crippen LogP contribution in [0.4, 0.5) is 9.18 Å². The number of nitrogens with zero attached hydrogens (tertiary/aromatic N) is 3. The molecular weight excluding hydrogens is 349 g/mol. The molecule has 0 aliphatic carbocycles. The van der Waals surface area contributed by atoms with Gasteiger partial charge < -0.3 is 14.9 Å². The molecule has 1 unspecified atom stereocenters. The van der Waals surface area contributed by atoms with E-state index in [0.29, 0.717) is 25.4 Å². The largest absolute Gasteiger partial charge is 0.465 e. The van der Waals surface area contributed by atoms with E-state index in [2.05, 4.69) is 4.90 Å². The number of piperazine rings is 1. The van der Waals surface area contributed by atoms with Gasteiger partial charge in [-0.1, -0.05) is 6.07 Å². The fourth-order valence-electron chi connectivity index (χ4n) is 5.04. The summed E-state index contributed by atoms with van der Waals surface area (Å²) < 4.78 is 13.5. The lowest BCUT2D eigenvalue weighted by Crippen LogP contribution is -2.57. The van der Waals surface area contributed by atoms with Gasteiger partial charge in [-0.2, -0.15) is 0 Å². The van der Waals surface area contributed by atoms with Crippen molar-refractivity contribution in [2.24, 2.45) is 0 Å². The molecule has 27 heavy (non-hydrogen) atoms. The van der Waals surface area contributed by atoms with Gasteiger partial charge in [0.25, 0.3) is 0 Å². The van der Waals surface area contributed by atoms with Crippen LogP contribution in [0.15, 0.2) is 18.2 Å². The standard InChI is InChI=1S/C20H26FN3O3/c1-13-10-14(21)2-4-17(13)18-11-15(6-7-24(18)20(26)27)22-8-9-23-16(12-22)3-5-19(23)25/h2,4,10,15-16,18H,3,5-9,11-12H2,1H3,(H,26,27)/t15-,16?,18+/m0/s1. The molecular formula is C20H26FN3O3. The lowest BCUT2D eigenvalue weighted by atomic mass is 9.88. The van der Waals surface area contributed by atoms with Gasteiger partial charge in [0.2, 0.25) is 5.91 Å². The summed E-state index contributed by atoms with van der Waals surface area (Å²) in [5.41, 5.74) is 1.68. The number of amides is 2. The normalized spacial score (nSPS) is 29.1. The number of hydrogen-bond donors (Lipinski definition) is 1. The summed E-state index contributed by atoms with van der Waals surface area (Å²) in [5.74, 6) is -0.0346. The molecule has 0 radical (unpaired) electrons. The molecule has 0 spiro atoms. The average Bonchev–Trinajstić information content (AvgIpc) is 3.01. The molecule has 1 aromatic carbocycles. The summed E-state index contributed by atoms with van der Waals surface area (Å²) in [6, 6.07) is 4.94. The Kier molecular flexibility index (Phi) is 4.80. The number of likely N-dealkylation sites (tertiary alicyclic amines) is 1. The van der Waals surface area contributed by atoms with Crippen LogP contribution in [0.2, 0.25) is 0 Å². The number of carbonyl (C=O) groups excluding carboxylic acids is 1. The number of aryl methyl sites for hydroxylation is 1. The quantitative estimate of drug-likeness (QED) is 0.863. The van der Waals surface area contributed by atoms with Crippen LogP contribution in [-0.4, -0.2) is 70.1 Å². The van der Waals surface area contributed by atoms with Gasteiger partial charge in [0.1, 0.15) is 5.82 Å². The second-order valence-corrected chi connectivity index (χ2v) is 7.95. The maximum absolute atomic E-state index is 13.5. The van der Waals surface area contributed by atoms with Gasteiger partial charge in [-0.05, 0) is 49.4 Å². The minimum absolute atomic E-state index is 0.259. The molecule has 4 rings (SSSR count). The van der Waals surface area contributed by atoms with E-state index in [4.69, 9.17) is 0 Å². The van der Waals surface area contributed by atoms with E-state index in [0.717, 1.165) is 43.6 Å². The lowest BCUT2D eigenvalue weighted by molar-refractivity contribution is -0.131. The van der Waals surface area contributed by atoms with Gasteiger partial charge in [0, 0.05) is 44.7 Å². The summed E-state index contributed by atoms with van der Waals surface area (Å²) in [7, 11) is 0. The zero-order chi connectivity index (χ0) is 19.1. The lowest BCUT2D eigenvalue weighted by Gasteiger charge is -2.46. The van der Waals surface area contributed by atoms with Gasteiger partial charge in [-0.15, -0.1) is 0 Å². The Morgan fingerprint density at radius 2 is 2.00 bits per heavy atom. The number of carboxylic acid groups (broad SMARTS) is 1. The number of carbonyl (C=O) groups is 2. The van der Waals surface area contributed by atoms with Crippen molar-refractivity contribution in [2.45, 2.75) is 50.7 Å². The summed E-state index contributed by atoms with van der Waals surface area (Å²) in [5, 5.41) is 9.66. The summed E-state index contributed by atoms with van der Waals surface area (Å²) in [6.07, 6.45) is 2.15. The molecule has 6 nitrogen and oxygen atoms in total. The average molecular weight is 375 g/mol. The molecule has 3 fully saturated rings. The third-order valence-electron chi connectivity index (χ3n) is 6.45. The van der Waals surface area contributed by atoms with Crippen LogP contribution in [0.5, 0.6) is 0 Å².